The van der Waals surface area contributed by atoms with Crippen molar-refractivity contribution in [2.45, 2.75) is 51.2 Å². The minimum Gasteiger partial charge on any atom is -0.468 e. The van der Waals surface area contributed by atoms with Crippen molar-refractivity contribution in [1.82, 2.24) is 20.0 Å². The molecule has 2 unspecified atom stereocenters. The number of rotatable bonds is 6. The second-order valence-corrected chi connectivity index (χ2v) is 6.79. The lowest BCUT2D eigenvalue weighted by Gasteiger charge is -2.27. The topological polar surface area (TPSA) is 46.2 Å². The molecule has 1 fully saturated rings. The van der Waals surface area contributed by atoms with Crippen molar-refractivity contribution >= 4 is 0 Å². The lowest BCUT2D eigenvalue weighted by atomic mass is 10.1. The molecule has 5 nitrogen and oxygen atoms in total. The highest BCUT2D eigenvalue weighted by molar-refractivity contribution is 5.16. The highest BCUT2D eigenvalue weighted by atomic mass is 16.3. The van der Waals surface area contributed by atoms with E-state index in [4.69, 9.17) is 9.52 Å². The van der Waals surface area contributed by atoms with Crippen LogP contribution in [0.2, 0.25) is 0 Å². The van der Waals surface area contributed by atoms with Gasteiger partial charge in [-0.15, -0.1) is 0 Å². The van der Waals surface area contributed by atoms with E-state index in [1.807, 2.05) is 6.07 Å². The van der Waals surface area contributed by atoms with Crippen molar-refractivity contribution in [2.75, 3.05) is 19.6 Å². The Hall–Kier alpha value is -1.59. The molecule has 0 aromatic carbocycles. The average Bonchev–Trinajstić information content (AvgIpc) is 3.31. The molecule has 0 saturated carbocycles. The van der Waals surface area contributed by atoms with Gasteiger partial charge in [-0.05, 0) is 63.9 Å². The number of hydrogen-bond donors (Lipinski definition) is 1. The Morgan fingerprint density at radius 3 is 2.87 bits per heavy atom. The molecule has 2 aromatic heterocycles. The fourth-order valence-electron chi connectivity index (χ4n) is 3.83. The minimum absolute atomic E-state index is 0.271. The maximum absolute atomic E-state index is 5.69. The van der Waals surface area contributed by atoms with E-state index in [2.05, 4.69) is 34.0 Å². The van der Waals surface area contributed by atoms with Gasteiger partial charge in [-0.3, -0.25) is 9.58 Å². The summed E-state index contributed by atoms with van der Waals surface area (Å²) in [5, 5.41) is 8.42. The second-order valence-electron chi connectivity index (χ2n) is 6.79. The van der Waals surface area contributed by atoms with Crippen molar-refractivity contribution < 1.29 is 4.42 Å². The van der Waals surface area contributed by atoms with Crippen LogP contribution in [0.15, 0.2) is 28.9 Å². The highest BCUT2D eigenvalue weighted by Gasteiger charge is 2.26. The van der Waals surface area contributed by atoms with Gasteiger partial charge in [0.25, 0.3) is 0 Å². The van der Waals surface area contributed by atoms with Gasteiger partial charge in [0.2, 0.25) is 0 Å². The smallest absolute Gasteiger partial charge is 0.122 e. The van der Waals surface area contributed by atoms with Crippen molar-refractivity contribution in [3.63, 3.8) is 0 Å². The standard InChI is InChI=1S/C18H26N4O/c1-14(16-12-15-6-4-10-22(15)20-16)19-13-17(18-7-5-11-23-18)21-8-2-3-9-21/h5,7,11-12,14,17,19H,2-4,6,8-10,13H2,1H3. The molecule has 4 rings (SSSR count). The molecule has 0 aliphatic carbocycles. The Morgan fingerprint density at radius 2 is 2.13 bits per heavy atom. The summed E-state index contributed by atoms with van der Waals surface area (Å²) in [6.07, 6.45) is 6.77. The Kier molecular flexibility index (Phi) is 4.23. The molecular weight excluding hydrogens is 288 g/mol. The van der Waals surface area contributed by atoms with Gasteiger partial charge in [0.1, 0.15) is 5.76 Å². The minimum atomic E-state index is 0.271. The number of likely N-dealkylation sites (tertiary alicyclic amines) is 1. The zero-order valence-electron chi connectivity index (χ0n) is 13.9. The van der Waals surface area contributed by atoms with Gasteiger partial charge in [0.05, 0.1) is 18.0 Å². The Morgan fingerprint density at radius 1 is 1.26 bits per heavy atom. The molecular formula is C18H26N4O. The molecule has 2 aromatic rings. The molecule has 1 saturated heterocycles. The summed E-state index contributed by atoms with van der Waals surface area (Å²) in [6.45, 7) is 6.52. The third kappa shape index (κ3) is 3.08. The van der Waals surface area contributed by atoms with Gasteiger partial charge >= 0.3 is 0 Å². The van der Waals surface area contributed by atoms with Crippen molar-refractivity contribution in [3.05, 3.63) is 41.6 Å². The van der Waals surface area contributed by atoms with Crippen LogP contribution in [0.3, 0.4) is 0 Å². The van der Waals surface area contributed by atoms with Gasteiger partial charge < -0.3 is 9.73 Å². The summed E-state index contributed by atoms with van der Waals surface area (Å²) < 4.78 is 7.86. The largest absolute Gasteiger partial charge is 0.468 e. The first-order valence-electron chi connectivity index (χ1n) is 8.89. The number of hydrogen-bond acceptors (Lipinski definition) is 4. The zero-order valence-corrected chi connectivity index (χ0v) is 13.9. The van der Waals surface area contributed by atoms with E-state index >= 15 is 0 Å². The first-order valence-corrected chi connectivity index (χ1v) is 8.89. The normalized spacial score (nSPS) is 20.7. The van der Waals surface area contributed by atoms with Crippen molar-refractivity contribution in [3.8, 4) is 0 Å². The van der Waals surface area contributed by atoms with Crippen LogP contribution in [0.1, 0.15) is 55.4 Å². The molecule has 1 N–H and O–H groups in total. The first-order chi connectivity index (χ1) is 11.3. The highest BCUT2D eigenvalue weighted by Crippen LogP contribution is 2.26. The Bertz CT molecular complexity index is 606. The van der Waals surface area contributed by atoms with Gasteiger partial charge in [0.15, 0.2) is 0 Å². The van der Waals surface area contributed by atoms with E-state index in [0.29, 0.717) is 6.04 Å². The van der Waals surface area contributed by atoms with Crippen molar-refractivity contribution in [1.29, 1.82) is 0 Å². The van der Waals surface area contributed by atoms with Crippen LogP contribution in [-0.2, 0) is 13.0 Å². The van der Waals surface area contributed by atoms with Crippen LogP contribution in [0.4, 0.5) is 0 Å². The molecule has 4 heterocycles. The molecule has 2 aliphatic heterocycles. The predicted molar refractivity (Wildman–Crippen MR) is 89.2 cm³/mol. The van der Waals surface area contributed by atoms with E-state index in [0.717, 1.165) is 18.8 Å². The molecule has 23 heavy (non-hydrogen) atoms. The fraction of sp³-hybridized carbons (Fsp3) is 0.611. The Balaban J connectivity index is 1.42. The fourth-order valence-corrected chi connectivity index (χ4v) is 3.83. The number of aryl methyl sites for hydroxylation is 2. The van der Waals surface area contributed by atoms with Gasteiger partial charge in [-0.1, -0.05) is 0 Å². The lowest BCUT2D eigenvalue weighted by Crippen LogP contribution is -2.35. The van der Waals surface area contributed by atoms with Crippen LogP contribution in [-0.4, -0.2) is 34.3 Å². The Labute approximate surface area is 137 Å². The molecule has 0 bridgehead atoms. The number of furan rings is 1. The summed E-state index contributed by atoms with van der Waals surface area (Å²) in [4.78, 5) is 2.53. The van der Waals surface area contributed by atoms with Crippen molar-refractivity contribution in [2.24, 2.45) is 0 Å². The SMILES string of the molecule is CC(NCC(c1ccco1)N1CCCC1)c1cc2n(n1)CCC2. The molecule has 5 heteroatoms. The number of nitrogens with one attached hydrogen (secondary N) is 1. The van der Waals surface area contributed by atoms with Crippen LogP contribution in [0.25, 0.3) is 0 Å². The van der Waals surface area contributed by atoms with Gasteiger partial charge in [-0.2, -0.15) is 5.10 Å². The summed E-state index contributed by atoms with van der Waals surface area (Å²) in [5.41, 5.74) is 2.55. The molecule has 124 valence electrons. The summed E-state index contributed by atoms with van der Waals surface area (Å²) >= 11 is 0. The monoisotopic (exact) mass is 314 g/mol. The van der Waals surface area contributed by atoms with Crippen LogP contribution >= 0.6 is 0 Å². The lowest BCUT2D eigenvalue weighted by molar-refractivity contribution is 0.205. The van der Waals surface area contributed by atoms with E-state index in [1.54, 1.807) is 6.26 Å². The number of aromatic nitrogens is 2. The summed E-state index contributed by atoms with van der Waals surface area (Å²) in [5.74, 6) is 1.07. The summed E-state index contributed by atoms with van der Waals surface area (Å²) in [6, 6.07) is 6.95. The predicted octanol–water partition coefficient (Wildman–Crippen LogP) is 2.91. The summed E-state index contributed by atoms with van der Waals surface area (Å²) in [7, 11) is 0. The third-order valence-electron chi connectivity index (χ3n) is 5.20. The van der Waals surface area contributed by atoms with E-state index in [-0.39, 0.29) is 6.04 Å². The third-order valence-corrected chi connectivity index (χ3v) is 5.20. The van der Waals surface area contributed by atoms with E-state index in [9.17, 15) is 0 Å². The number of fused-ring (bicyclic) bond motifs is 1. The van der Waals surface area contributed by atoms with Crippen LogP contribution < -0.4 is 5.32 Å². The maximum atomic E-state index is 5.69. The molecule has 0 amide bonds. The average molecular weight is 314 g/mol. The molecule has 0 spiro atoms. The second kappa shape index (κ2) is 6.49. The van der Waals surface area contributed by atoms with Crippen LogP contribution in [0.5, 0.6) is 0 Å². The van der Waals surface area contributed by atoms with Gasteiger partial charge in [0, 0.05) is 24.8 Å². The molecule has 2 aliphatic rings. The molecule has 2 atom stereocenters. The number of nitrogens with zero attached hydrogens (tertiary/aromatic N) is 3. The molecule has 0 radical (unpaired) electrons. The van der Waals surface area contributed by atoms with Gasteiger partial charge in [-0.25, -0.2) is 0 Å². The van der Waals surface area contributed by atoms with E-state index < -0.39 is 0 Å². The maximum Gasteiger partial charge on any atom is 0.122 e. The quantitative estimate of drug-likeness (QED) is 0.890. The van der Waals surface area contributed by atoms with E-state index in [1.165, 1.54) is 50.2 Å². The zero-order chi connectivity index (χ0) is 15.6. The first kappa shape index (κ1) is 15.0. The van der Waals surface area contributed by atoms with Crippen LogP contribution in [0, 0.1) is 0 Å².